The van der Waals surface area contributed by atoms with Crippen molar-refractivity contribution in [2.24, 2.45) is 5.73 Å². The normalized spacial score (nSPS) is 12.4. The summed E-state index contributed by atoms with van der Waals surface area (Å²) in [6.07, 6.45) is -3.22. The zero-order valence-electron chi connectivity index (χ0n) is 9.38. The number of halogens is 3. The Balaban J connectivity index is 3.01. The zero-order valence-corrected chi connectivity index (χ0v) is 9.38. The van der Waals surface area contributed by atoms with Crippen molar-refractivity contribution in [3.05, 3.63) is 17.5 Å². The van der Waals surface area contributed by atoms with Crippen molar-refractivity contribution in [3.8, 4) is 0 Å². The fraction of sp³-hybridized carbons (Fsp3) is 0.700. The molecule has 0 saturated carbocycles. The van der Waals surface area contributed by atoms with E-state index in [0.29, 0.717) is 25.1 Å². The van der Waals surface area contributed by atoms with Crippen molar-refractivity contribution in [3.63, 3.8) is 0 Å². The first-order valence-corrected chi connectivity index (χ1v) is 5.22. The lowest BCUT2D eigenvalue weighted by Crippen LogP contribution is -2.16. The number of hydrogen-bond donors (Lipinski definition) is 1. The van der Waals surface area contributed by atoms with Crippen LogP contribution in [0.3, 0.4) is 0 Å². The van der Waals surface area contributed by atoms with Crippen molar-refractivity contribution >= 4 is 0 Å². The third-order valence-electron chi connectivity index (χ3n) is 2.20. The van der Waals surface area contributed by atoms with E-state index in [0.717, 1.165) is 10.7 Å². The van der Waals surface area contributed by atoms with Crippen LogP contribution in [-0.4, -0.2) is 16.3 Å². The zero-order chi connectivity index (χ0) is 12.3. The van der Waals surface area contributed by atoms with Gasteiger partial charge in [0.2, 0.25) is 0 Å². The molecular weight excluding hydrogens is 219 g/mol. The molecule has 1 aromatic heterocycles. The SMILES string of the molecule is CC(C)n1nc(CCCN)cc1C(F)(F)F. The van der Waals surface area contributed by atoms with Crippen LogP contribution in [-0.2, 0) is 12.6 Å². The smallest absolute Gasteiger partial charge is 0.330 e. The minimum absolute atomic E-state index is 0.303. The lowest BCUT2D eigenvalue weighted by atomic mass is 10.2. The first-order valence-electron chi connectivity index (χ1n) is 5.22. The van der Waals surface area contributed by atoms with Crippen molar-refractivity contribution in [1.29, 1.82) is 0 Å². The van der Waals surface area contributed by atoms with Gasteiger partial charge in [-0.1, -0.05) is 0 Å². The van der Waals surface area contributed by atoms with Crippen LogP contribution in [0.25, 0.3) is 0 Å². The van der Waals surface area contributed by atoms with Gasteiger partial charge in [-0.25, -0.2) is 0 Å². The number of hydrogen-bond acceptors (Lipinski definition) is 2. The molecule has 1 heterocycles. The molecule has 0 saturated heterocycles. The maximum Gasteiger partial charge on any atom is 0.433 e. The lowest BCUT2D eigenvalue weighted by Gasteiger charge is -2.12. The van der Waals surface area contributed by atoms with E-state index in [1.54, 1.807) is 13.8 Å². The summed E-state index contributed by atoms with van der Waals surface area (Å²) in [6.45, 7) is 3.81. The van der Waals surface area contributed by atoms with E-state index >= 15 is 0 Å². The quantitative estimate of drug-likeness (QED) is 0.870. The largest absolute Gasteiger partial charge is 0.433 e. The number of aromatic nitrogens is 2. The monoisotopic (exact) mass is 235 g/mol. The van der Waals surface area contributed by atoms with Gasteiger partial charge in [-0.05, 0) is 39.3 Å². The molecule has 0 fully saturated rings. The Morgan fingerprint density at radius 2 is 2.06 bits per heavy atom. The van der Waals surface area contributed by atoms with E-state index in [4.69, 9.17) is 5.73 Å². The summed E-state index contributed by atoms with van der Waals surface area (Å²) in [6, 6.07) is 0.804. The van der Waals surface area contributed by atoms with Crippen LogP contribution < -0.4 is 5.73 Å². The van der Waals surface area contributed by atoms with Crippen LogP contribution in [0.5, 0.6) is 0 Å². The van der Waals surface area contributed by atoms with Crippen molar-refractivity contribution < 1.29 is 13.2 Å². The standard InChI is InChI=1S/C10H16F3N3/c1-7(2)16-9(10(11,12)13)6-8(15-16)4-3-5-14/h6-7H,3-5,14H2,1-2H3. The first kappa shape index (κ1) is 13.0. The third kappa shape index (κ3) is 2.98. The van der Waals surface area contributed by atoms with Gasteiger partial charge in [0.1, 0.15) is 5.69 Å². The van der Waals surface area contributed by atoms with Gasteiger partial charge in [0.15, 0.2) is 0 Å². The van der Waals surface area contributed by atoms with Gasteiger partial charge >= 0.3 is 6.18 Å². The van der Waals surface area contributed by atoms with Gasteiger partial charge in [0.05, 0.1) is 5.69 Å². The number of nitrogens with two attached hydrogens (primary N) is 1. The summed E-state index contributed by atoms with van der Waals surface area (Å²) in [7, 11) is 0. The van der Waals surface area contributed by atoms with E-state index in [-0.39, 0.29) is 6.04 Å². The van der Waals surface area contributed by atoms with E-state index in [9.17, 15) is 13.2 Å². The van der Waals surface area contributed by atoms with Gasteiger partial charge < -0.3 is 5.73 Å². The average Bonchev–Trinajstić information content (AvgIpc) is 2.58. The highest BCUT2D eigenvalue weighted by molar-refractivity contribution is 5.14. The van der Waals surface area contributed by atoms with Gasteiger partial charge in [0, 0.05) is 6.04 Å². The third-order valence-corrected chi connectivity index (χ3v) is 2.20. The number of nitrogens with zero attached hydrogens (tertiary/aromatic N) is 2. The molecule has 16 heavy (non-hydrogen) atoms. The van der Waals surface area contributed by atoms with Crippen LogP contribution in [0.15, 0.2) is 6.07 Å². The Morgan fingerprint density at radius 3 is 2.44 bits per heavy atom. The Bertz CT molecular complexity index is 342. The highest BCUT2D eigenvalue weighted by atomic mass is 19.4. The molecule has 6 heteroatoms. The fourth-order valence-electron chi connectivity index (χ4n) is 1.46. The molecule has 0 aliphatic heterocycles. The maximum atomic E-state index is 12.7. The van der Waals surface area contributed by atoms with E-state index in [1.807, 2.05) is 0 Å². The second-order valence-corrected chi connectivity index (χ2v) is 3.95. The Hall–Kier alpha value is -1.04. The molecule has 0 radical (unpaired) electrons. The summed E-state index contributed by atoms with van der Waals surface area (Å²) in [4.78, 5) is 0. The molecule has 0 amide bonds. The van der Waals surface area contributed by atoms with Crippen LogP contribution in [0.2, 0.25) is 0 Å². The first-order chi connectivity index (χ1) is 7.36. The molecule has 1 aromatic rings. The molecule has 92 valence electrons. The molecule has 0 aliphatic carbocycles. The topological polar surface area (TPSA) is 43.8 Å². The van der Waals surface area contributed by atoms with Crippen LogP contribution in [0, 0.1) is 0 Å². The average molecular weight is 235 g/mol. The van der Waals surface area contributed by atoms with Crippen LogP contribution >= 0.6 is 0 Å². The van der Waals surface area contributed by atoms with Gasteiger partial charge in [-0.3, -0.25) is 4.68 Å². The summed E-state index contributed by atoms with van der Waals surface area (Å²) in [5, 5.41) is 3.95. The highest BCUT2D eigenvalue weighted by Gasteiger charge is 2.36. The van der Waals surface area contributed by atoms with Crippen molar-refractivity contribution in [2.75, 3.05) is 6.54 Å². The molecule has 2 N–H and O–H groups in total. The molecule has 0 aliphatic rings. The fourth-order valence-corrected chi connectivity index (χ4v) is 1.46. The summed E-state index contributed by atoms with van der Waals surface area (Å²) in [5.41, 5.74) is 5.07. The molecule has 0 unspecified atom stereocenters. The molecule has 0 atom stereocenters. The Kier molecular flexibility index (Phi) is 3.96. The summed E-state index contributed by atoms with van der Waals surface area (Å²) >= 11 is 0. The van der Waals surface area contributed by atoms with Gasteiger partial charge in [0.25, 0.3) is 0 Å². The van der Waals surface area contributed by atoms with Crippen molar-refractivity contribution in [2.45, 2.75) is 38.9 Å². The molecule has 0 bridgehead atoms. The molecule has 3 nitrogen and oxygen atoms in total. The van der Waals surface area contributed by atoms with Crippen LogP contribution in [0.4, 0.5) is 13.2 Å². The maximum absolute atomic E-state index is 12.7. The predicted molar refractivity (Wildman–Crippen MR) is 55.0 cm³/mol. The molecule has 0 spiro atoms. The van der Waals surface area contributed by atoms with Gasteiger partial charge in [-0.2, -0.15) is 18.3 Å². The second kappa shape index (κ2) is 4.86. The molecule has 0 aromatic carbocycles. The minimum Gasteiger partial charge on any atom is -0.330 e. The second-order valence-electron chi connectivity index (χ2n) is 3.95. The van der Waals surface area contributed by atoms with E-state index < -0.39 is 11.9 Å². The predicted octanol–water partition coefficient (Wildman–Crippen LogP) is 2.37. The number of rotatable bonds is 4. The summed E-state index contributed by atoms with van der Waals surface area (Å²) in [5.74, 6) is 0. The van der Waals surface area contributed by atoms with Crippen LogP contribution in [0.1, 0.15) is 37.7 Å². The molecular formula is C10H16F3N3. The number of alkyl halides is 3. The van der Waals surface area contributed by atoms with Crippen molar-refractivity contribution in [1.82, 2.24) is 9.78 Å². The summed E-state index contributed by atoms with van der Waals surface area (Å²) < 4.78 is 39.0. The lowest BCUT2D eigenvalue weighted by molar-refractivity contribution is -0.144. The van der Waals surface area contributed by atoms with E-state index in [1.165, 1.54) is 0 Å². The van der Waals surface area contributed by atoms with Gasteiger partial charge in [-0.15, -0.1) is 0 Å². The Labute approximate surface area is 92.4 Å². The van der Waals surface area contributed by atoms with E-state index in [2.05, 4.69) is 5.10 Å². The highest BCUT2D eigenvalue weighted by Crippen LogP contribution is 2.31. The minimum atomic E-state index is -4.35. The Morgan fingerprint density at radius 1 is 1.44 bits per heavy atom. The number of aryl methyl sites for hydroxylation is 1. The molecule has 1 rings (SSSR count).